The molecule has 0 spiro atoms. The molecule has 232 valence electrons. The summed E-state index contributed by atoms with van der Waals surface area (Å²) in [5.41, 5.74) is -3.18. The molecule has 0 saturated heterocycles. The van der Waals surface area contributed by atoms with E-state index in [0.29, 0.717) is 9.80 Å². The highest BCUT2D eigenvalue weighted by atomic mass is 16.6. The monoisotopic (exact) mass is 634 g/mol. The standard InChI is InChI=1S/C31H16N4O12/c36-26-18-5-3-16(34(44)45)12-20(18)28(38)32(26)24-7-1-14(10-22(24)30(40)41)9-15-2-8-25(23(11-15)31(42)43)33-27(37)19-6-4-17(35(46)47)13-21(19)29(33)39/h1-8,10-13H,9H2,(H,40,41)(H,42,43)/p-2. The van der Waals surface area contributed by atoms with Crippen LogP contribution in [-0.2, 0) is 6.42 Å². The molecule has 2 heterocycles. The molecule has 2 aliphatic heterocycles. The molecule has 4 aromatic rings. The van der Waals surface area contributed by atoms with Gasteiger partial charge in [0.25, 0.3) is 35.0 Å². The number of nitro groups is 2. The summed E-state index contributed by atoms with van der Waals surface area (Å²) in [4.78, 5) is 98.3. The largest absolute Gasteiger partial charge is 0.545 e. The van der Waals surface area contributed by atoms with Crippen molar-refractivity contribution in [3.05, 3.63) is 138 Å². The number of anilines is 2. The van der Waals surface area contributed by atoms with Gasteiger partial charge in [-0.3, -0.25) is 39.4 Å². The molecule has 0 bridgehead atoms. The Labute approximate surface area is 261 Å². The number of benzene rings is 4. The lowest BCUT2D eigenvalue weighted by atomic mass is 9.98. The smallest absolute Gasteiger partial charge is 0.270 e. The normalized spacial score (nSPS) is 13.5. The quantitative estimate of drug-likeness (QED) is 0.152. The van der Waals surface area contributed by atoms with Gasteiger partial charge in [-0.15, -0.1) is 0 Å². The van der Waals surface area contributed by atoms with Crippen LogP contribution in [0.2, 0.25) is 0 Å². The molecule has 0 radical (unpaired) electrons. The van der Waals surface area contributed by atoms with Gasteiger partial charge >= 0.3 is 0 Å². The van der Waals surface area contributed by atoms with Crippen LogP contribution in [0.5, 0.6) is 0 Å². The van der Waals surface area contributed by atoms with E-state index in [9.17, 15) is 59.2 Å². The highest BCUT2D eigenvalue weighted by Crippen LogP contribution is 2.35. The van der Waals surface area contributed by atoms with Crippen LogP contribution in [0.4, 0.5) is 22.7 Å². The maximum atomic E-state index is 13.1. The summed E-state index contributed by atoms with van der Waals surface area (Å²) in [6.45, 7) is 0. The molecular formula is C31H14N4O12-2. The van der Waals surface area contributed by atoms with Gasteiger partial charge in [-0.25, -0.2) is 9.80 Å². The predicted octanol–water partition coefficient (Wildman–Crippen LogP) is 1.42. The number of nitro benzene ring substituents is 2. The fourth-order valence-corrected chi connectivity index (χ4v) is 5.46. The van der Waals surface area contributed by atoms with Crippen LogP contribution in [0.3, 0.4) is 0 Å². The lowest BCUT2D eigenvalue weighted by Crippen LogP contribution is -2.33. The Morgan fingerprint density at radius 1 is 0.532 bits per heavy atom. The van der Waals surface area contributed by atoms with Crippen molar-refractivity contribution in [2.45, 2.75) is 6.42 Å². The van der Waals surface area contributed by atoms with Crippen molar-refractivity contribution in [1.29, 1.82) is 0 Å². The van der Waals surface area contributed by atoms with E-state index >= 15 is 0 Å². The van der Waals surface area contributed by atoms with E-state index in [-0.39, 0.29) is 51.2 Å². The zero-order chi connectivity index (χ0) is 33.9. The average Bonchev–Trinajstić information content (AvgIpc) is 3.44. The summed E-state index contributed by atoms with van der Waals surface area (Å²) in [6.07, 6.45) is -0.121. The molecule has 16 nitrogen and oxygen atoms in total. The molecule has 0 unspecified atom stereocenters. The molecule has 16 heteroatoms. The molecule has 4 amide bonds. The van der Waals surface area contributed by atoms with Crippen LogP contribution in [0.15, 0.2) is 72.8 Å². The molecule has 0 aliphatic carbocycles. The third-order valence-corrected chi connectivity index (χ3v) is 7.61. The second-order valence-electron chi connectivity index (χ2n) is 10.3. The number of fused-ring (bicyclic) bond motifs is 2. The number of carboxylic acid groups (broad SMARTS) is 2. The summed E-state index contributed by atoms with van der Waals surface area (Å²) in [5.74, 6) is -7.32. The van der Waals surface area contributed by atoms with Crippen molar-refractivity contribution in [1.82, 2.24) is 0 Å². The fourth-order valence-electron chi connectivity index (χ4n) is 5.46. The van der Waals surface area contributed by atoms with Crippen LogP contribution < -0.4 is 20.0 Å². The van der Waals surface area contributed by atoms with Gasteiger partial charge in [-0.2, -0.15) is 0 Å². The van der Waals surface area contributed by atoms with Crippen LogP contribution in [0, 0.1) is 20.2 Å². The fraction of sp³-hybridized carbons (Fsp3) is 0.0323. The Morgan fingerprint density at radius 3 is 1.23 bits per heavy atom. The highest BCUT2D eigenvalue weighted by molar-refractivity contribution is 6.36. The number of hydrogen-bond donors (Lipinski definition) is 0. The van der Waals surface area contributed by atoms with Crippen molar-refractivity contribution >= 4 is 58.3 Å². The van der Waals surface area contributed by atoms with Crippen molar-refractivity contribution in [3.63, 3.8) is 0 Å². The molecule has 4 aromatic carbocycles. The second-order valence-corrected chi connectivity index (χ2v) is 10.3. The highest BCUT2D eigenvalue weighted by Gasteiger charge is 2.40. The predicted molar refractivity (Wildman–Crippen MR) is 153 cm³/mol. The summed E-state index contributed by atoms with van der Waals surface area (Å²) < 4.78 is 0. The van der Waals surface area contributed by atoms with Crippen molar-refractivity contribution in [3.8, 4) is 0 Å². The maximum absolute atomic E-state index is 13.1. The summed E-state index contributed by atoms with van der Waals surface area (Å²) in [5, 5.41) is 46.5. The zero-order valence-electron chi connectivity index (χ0n) is 23.3. The number of aromatic carboxylic acids is 2. The SMILES string of the molecule is O=C([O-])c1cc(Cc2ccc(N3C(=O)c4ccc([N+](=O)[O-])cc4C3=O)c(C(=O)[O-])c2)ccc1N1C(=O)c2ccc([N+](=O)[O-])cc2C1=O. The van der Waals surface area contributed by atoms with Gasteiger partial charge < -0.3 is 19.8 Å². The summed E-state index contributed by atoms with van der Waals surface area (Å²) in [6, 6.07) is 13.3. The number of carbonyl (C=O) groups is 6. The first-order chi connectivity index (χ1) is 22.3. The van der Waals surface area contributed by atoms with E-state index in [2.05, 4.69) is 0 Å². The number of nitrogens with zero attached hydrogens (tertiary/aromatic N) is 4. The van der Waals surface area contributed by atoms with Gasteiger partial charge in [0, 0.05) is 35.4 Å². The van der Waals surface area contributed by atoms with Gasteiger partial charge in [0.2, 0.25) is 0 Å². The molecule has 2 aliphatic rings. The number of hydrogen-bond acceptors (Lipinski definition) is 12. The van der Waals surface area contributed by atoms with Crippen LogP contribution in [0.1, 0.15) is 73.3 Å². The first kappa shape index (κ1) is 29.9. The first-order valence-electron chi connectivity index (χ1n) is 13.3. The Bertz CT molecular complexity index is 2040. The van der Waals surface area contributed by atoms with Gasteiger partial charge in [-0.1, -0.05) is 12.1 Å². The zero-order valence-corrected chi connectivity index (χ0v) is 23.3. The molecule has 6 rings (SSSR count). The van der Waals surface area contributed by atoms with Gasteiger partial charge in [0.1, 0.15) is 0 Å². The minimum atomic E-state index is -1.76. The molecule has 47 heavy (non-hydrogen) atoms. The second kappa shape index (κ2) is 10.8. The van der Waals surface area contributed by atoms with E-state index in [0.717, 1.165) is 60.7 Å². The third-order valence-electron chi connectivity index (χ3n) is 7.61. The Hall–Kier alpha value is -7.10. The number of imide groups is 2. The average molecular weight is 634 g/mol. The van der Waals surface area contributed by atoms with Gasteiger partial charge in [0.05, 0.1) is 55.4 Å². The third kappa shape index (κ3) is 4.81. The topological polar surface area (TPSA) is 241 Å². The molecule has 0 N–H and O–H groups in total. The number of amides is 4. The Kier molecular flexibility index (Phi) is 6.89. The number of carbonyl (C=O) groups excluding carboxylic acids is 6. The summed E-state index contributed by atoms with van der Waals surface area (Å²) in [7, 11) is 0. The van der Waals surface area contributed by atoms with E-state index < -0.39 is 67.9 Å². The van der Waals surface area contributed by atoms with Crippen LogP contribution >= 0.6 is 0 Å². The molecule has 0 saturated carbocycles. The van der Waals surface area contributed by atoms with Crippen molar-refractivity contribution in [2.24, 2.45) is 0 Å². The molecule has 0 atom stereocenters. The molecule has 0 fully saturated rings. The van der Waals surface area contributed by atoms with Gasteiger partial charge in [0.15, 0.2) is 0 Å². The maximum Gasteiger partial charge on any atom is 0.270 e. The lowest BCUT2D eigenvalue weighted by Gasteiger charge is -2.21. The van der Waals surface area contributed by atoms with Gasteiger partial charge in [-0.05, 0) is 53.9 Å². The minimum Gasteiger partial charge on any atom is -0.545 e. The molecular weight excluding hydrogens is 620 g/mol. The van der Waals surface area contributed by atoms with E-state index in [1.54, 1.807) is 0 Å². The lowest BCUT2D eigenvalue weighted by molar-refractivity contribution is -0.385. The van der Waals surface area contributed by atoms with Crippen molar-refractivity contribution in [2.75, 3.05) is 9.80 Å². The first-order valence-corrected chi connectivity index (χ1v) is 13.3. The van der Waals surface area contributed by atoms with Crippen molar-refractivity contribution < 1.29 is 48.8 Å². The summed E-state index contributed by atoms with van der Waals surface area (Å²) >= 11 is 0. The van der Waals surface area contributed by atoms with Crippen LogP contribution in [-0.4, -0.2) is 45.4 Å². The number of carboxylic acids is 2. The number of non-ortho nitro benzene ring substituents is 2. The van der Waals surface area contributed by atoms with E-state index in [1.165, 1.54) is 12.1 Å². The minimum absolute atomic E-state index is 0.121. The molecule has 0 aromatic heterocycles. The van der Waals surface area contributed by atoms with E-state index in [1.807, 2.05) is 0 Å². The van der Waals surface area contributed by atoms with Crippen LogP contribution in [0.25, 0.3) is 0 Å². The number of rotatable bonds is 8. The Morgan fingerprint density at radius 2 is 0.894 bits per heavy atom. The Balaban J connectivity index is 1.32. The van der Waals surface area contributed by atoms with E-state index in [4.69, 9.17) is 0 Å².